The van der Waals surface area contributed by atoms with Gasteiger partial charge in [0, 0.05) is 0 Å². The minimum Gasteiger partial charge on any atom is -0.0622 e. The van der Waals surface area contributed by atoms with E-state index >= 15 is 0 Å². The molecule has 3 heteroatoms. The second-order valence-electron chi connectivity index (χ2n) is 11.6. The summed E-state index contributed by atoms with van der Waals surface area (Å²) in [6, 6.07) is 33.0. The Balaban J connectivity index is 0.000000232. The zero-order valence-electron chi connectivity index (χ0n) is 24.3. The third-order valence-electron chi connectivity index (χ3n) is 8.89. The molecule has 200 valence electrons. The molecule has 0 amide bonds. The molecule has 2 aliphatic carbocycles. The van der Waals surface area contributed by atoms with Gasteiger partial charge in [-0.3, -0.25) is 0 Å². The summed E-state index contributed by atoms with van der Waals surface area (Å²) in [5.74, 6) is 0.672. The van der Waals surface area contributed by atoms with Gasteiger partial charge in [-0.2, -0.15) is 0 Å². The fourth-order valence-electron chi connectivity index (χ4n) is 6.62. The Hall–Kier alpha value is -1.80. The molecular formula is C35H47NSiZr. The van der Waals surface area contributed by atoms with Crippen molar-refractivity contribution in [3.63, 3.8) is 0 Å². The van der Waals surface area contributed by atoms with Gasteiger partial charge in [0.15, 0.2) is 0 Å². The zero-order valence-corrected chi connectivity index (χ0v) is 28.1. The molecule has 3 aromatic carbocycles. The molecule has 2 atom stereocenters. The molecule has 0 bridgehead atoms. The van der Waals surface area contributed by atoms with Crippen LogP contribution in [-0.2, 0) is 19.7 Å². The Bertz CT molecular complexity index is 1170. The quantitative estimate of drug-likeness (QED) is 0.221. The van der Waals surface area contributed by atoms with Crippen LogP contribution in [0.2, 0.25) is 4.63 Å². The van der Waals surface area contributed by atoms with Crippen molar-refractivity contribution in [2.75, 3.05) is 0 Å². The van der Waals surface area contributed by atoms with E-state index in [2.05, 4.69) is 114 Å². The van der Waals surface area contributed by atoms with Crippen LogP contribution in [0, 0.1) is 5.92 Å². The van der Waals surface area contributed by atoms with E-state index in [1.807, 2.05) is 15.4 Å². The van der Waals surface area contributed by atoms with Crippen LogP contribution in [0.5, 0.6) is 0 Å². The first-order chi connectivity index (χ1) is 18.4. The van der Waals surface area contributed by atoms with Crippen LogP contribution in [0.15, 0.2) is 111 Å². The Kier molecular flexibility index (Phi) is 10.8. The SMILES string of the molecule is CC1=C(C)C(C)[C]([Zr]([CH3])([NH]C2CCCCCC2)[SiH2]c2ccccc2)=C1C.c1ccc(-c2ccccc2)cc1. The second-order valence-corrected chi connectivity index (χ2v) is 32.4. The van der Waals surface area contributed by atoms with Crippen LogP contribution < -0.4 is 8.45 Å². The largest absolute Gasteiger partial charge is 0.0622 e. The van der Waals surface area contributed by atoms with E-state index in [9.17, 15) is 0 Å². The van der Waals surface area contributed by atoms with Gasteiger partial charge in [0.05, 0.1) is 0 Å². The molecule has 1 saturated carbocycles. The standard InChI is InChI=1S/C12H10.C9H13.C7H14N.C6H7Si.CH3.Zr/c1-3-7-11(8-4-1)12-9-5-2-6-10-12;1-6-5-7(2)9(4)8(6)3;8-7-5-3-1-2-4-6-7;7-6-4-2-1-3-5-6;;/h1-10H;6H,1-4H3;7-8H,1-6H2;1-5H,7H2;1H3;/q;;-1;;;+1. The van der Waals surface area contributed by atoms with Gasteiger partial charge in [0.1, 0.15) is 0 Å². The number of benzene rings is 3. The molecule has 3 aromatic rings. The van der Waals surface area contributed by atoms with E-state index in [-0.39, 0.29) is 6.65 Å². The fraction of sp³-hybridized carbons (Fsp3) is 0.371. The molecule has 1 fully saturated rings. The average molecular weight is 601 g/mol. The maximum absolute atomic E-state index is 4.45. The second kappa shape index (κ2) is 14.0. The molecule has 0 aromatic heterocycles. The summed E-state index contributed by atoms with van der Waals surface area (Å²) in [6.07, 6.45) is 8.55. The molecule has 0 saturated heterocycles. The van der Waals surface area contributed by atoms with E-state index in [0.29, 0.717) is 5.92 Å². The molecule has 38 heavy (non-hydrogen) atoms. The molecule has 5 rings (SSSR count). The van der Waals surface area contributed by atoms with Gasteiger partial charge in [-0.05, 0) is 11.1 Å². The molecule has 1 N–H and O–H groups in total. The summed E-state index contributed by atoms with van der Waals surface area (Å²) in [5, 5.41) is 1.67. The Morgan fingerprint density at radius 1 is 0.658 bits per heavy atom. The van der Waals surface area contributed by atoms with Crippen molar-refractivity contribution >= 4 is 11.8 Å². The number of hydrogen-bond donors (Lipinski definition) is 1. The van der Waals surface area contributed by atoms with E-state index in [1.54, 1.807) is 21.9 Å². The molecule has 0 heterocycles. The predicted octanol–water partition coefficient (Wildman–Crippen LogP) is 8.44. The van der Waals surface area contributed by atoms with Gasteiger partial charge < -0.3 is 0 Å². The normalized spacial score (nSPS) is 20.3. The molecule has 0 radical (unpaired) electrons. The minimum absolute atomic E-state index is 0.274. The molecule has 0 spiro atoms. The third-order valence-corrected chi connectivity index (χ3v) is 29.6. The smallest absolute Gasteiger partial charge is 0.0184 e. The van der Waals surface area contributed by atoms with Crippen LogP contribution >= 0.6 is 0 Å². The maximum Gasteiger partial charge on any atom is -0.0184 e. The molecule has 1 nitrogen and oxygen atoms in total. The molecule has 2 unspecified atom stereocenters. The zero-order chi connectivity index (χ0) is 27.0. The number of nitrogens with one attached hydrogen (secondary N) is 1. The van der Waals surface area contributed by atoms with Crippen LogP contribution in [0.4, 0.5) is 0 Å². The van der Waals surface area contributed by atoms with E-state index in [1.165, 1.54) is 49.7 Å². The fourth-order valence-corrected chi connectivity index (χ4v) is 31.9. The Morgan fingerprint density at radius 2 is 1.13 bits per heavy atom. The van der Waals surface area contributed by atoms with Crippen molar-refractivity contribution in [3.05, 3.63) is 111 Å². The first-order valence-electron chi connectivity index (χ1n) is 14.7. The van der Waals surface area contributed by atoms with Gasteiger partial charge in [-0.25, -0.2) is 0 Å². The van der Waals surface area contributed by atoms with Crippen molar-refractivity contribution in [2.45, 2.75) is 76.9 Å². The van der Waals surface area contributed by atoms with Crippen molar-refractivity contribution in [1.82, 2.24) is 3.26 Å². The number of rotatable bonds is 6. The first-order valence-corrected chi connectivity index (χ1v) is 26.2. The summed E-state index contributed by atoms with van der Waals surface area (Å²) in [7, 11) is 0. The predicted molar refractivity (Wildman–Crippen MR) is 167 cm³/mol. The van der Waals surface area contributed by atoms with E-state index < -0.39 is 19.7 Å². The Morgan fingerprint density at radius 3 is 1.58 bits per heavy atom. The van der Waals surface area contributed by atoms with Crippen molar-refractivity contribution in [2.24, 2.45) is 5.92 Å². The van der Waals surface area contributed by atoms with Gasteiger partial charge in [-0.1, -0.05) is 60.7 Å². The van der Waals surface area contributed by atoms with Gasteiger partial charge in [0.25, 0.3) is 0 Å². The van der Waals surface area contributed by atoms with Crippen molar-refractivity contribution in [3.8, 4) is 11.1 Å². The van der Waals surface area contributed by atoms with Gasteiger partial charge >= 0.3 is 168 Å². The number of hydrogen-bond acceptors (Lipinski definition) is 1. The van der Waals surface area contributed by atoms with Gasteiger partial charge in [0.2, 0.25) is 0 Å². The molecule has 2 aliphatic rings. The summed E-state index contributed by atoms with van der Waals surface area (Å²) in [4.78, 5) is 0. The first kappa shape index (κ1) is 29.2. The molecule has 0 aliphatic heterocycles. The molecular weight excluding hydrogens is 554 g/mol. The third kappa shape index (κ3) is 7.44. The van der Waals surface area contributed by atoms with Gasteiger partial charge in [-0.15, -0.1) is 0 Å². The van der Waals surface area contributed by atoms with E-state index in [4.69, 9.17) is 0 Å². The Labute approximate surface area is 238 Å². The maximum atomic E-state index is 4.45. The van der Waals surface area contributed by atoms with E-state index in [0.717, 1.165) is 6.04 Å². The van der Waals surface area contributed by atoms with Crippen molar-refractivity contribution < 1.29 is 19.7 Å². The minimum atomic E-state index is -2.58. The summed E-state index contributed by atoms with van der Waals surface area (Å²) in [6.45, 7) is 9.35. The van der Waals surface area contributed by atoms with Crippen LogP contribution in [0.1, 0.15) is 66.2 Å². The monoisotopic (exact) mass is 599 g/mol. The summed E-state index contributed by atoms with van der Waals surface area (Å²) in [5.41, 5.74) is 7.42. The average Bonchev–Trinajstić information content (AvgIpc) is 3.12. The number of allylic oxidation sites excluding steroid dienone is 4. The van der Waals surface area contributed by atoms with Crippen LogP contribution in [0.3, 0.4) is 0 Å². The summed E-state index contributed by atoms with van der Waals surface area (Å²) < 4.78 is 9.09. The van der Waals surface area contributed by atoms with Crippen LogP contribution in [0.25, 0.3) is 11.1 Å². The van der Waals surface area contributed by atoms with Crippen LogP contribution in [-0.4, -0.2) is 12.7 Å². The topological polar surface area (TPSA) is 12.0 Å². The summed E-state index contributed by atoms with van der Waals surface area (Å²) >= 11 is -2.58. The van der Waals surface area contributed by atoms with Crippen molar-refractivity contribution in [1.29, 1.82) is 0 Å².